The lowest BCUT2D eigenvalue weighted by Crippen LogP contribution is -2.37. The molecule has 2 heterocycles. The summed E-state index contributed by atoms with van der Waals surface area (Å²) in [6.45, 7) is 1.44. The molecule has 0 spiro atoms. The summed E-state index contributed by atoms with van der Waals surface area (Å²) in [5.41, 5.74) is 2.49. The summed E-state index contributed by atoms with van der Waals surface area (Å²) in [5, 5.41) is 4.68. The van der Waals surface area contributed by atoms with Crippen molar-refractivity contribution in [1.82, 2.24) is 0 Å². The van der Waals surface area contributed by atoms with Crippen LogP contribution in [0.5, 0.6) is 0 Å². The lowest BCUT2D eigenvalue weighted by Gasteiger charge is -2.29. The minimum absolute atomic E-state index is 0.176. The summed E-state index contributed by atoms with van der Waals surface area (Å²) in [4.78, 5) is 45.6. The van der Waals surface area contributed by atoms with Crippen LogP contribution in [-0.4, -0.2) is 23.8 Å². The third-order valence-electron chi connectivity index (χ3n) is 5.79. The molecule has 5 rings (SSSR count). The summed E-state index contributed by atoms with van der Waals surface area (Å²) in [7, 11) is 0. The first-order chi connectivity index (χ1) is 16.0. The molecule has 2 aliphatic heterocycles. The molecular weight excluding hydrogens is 442 g/mol. The van der Waals surface area contributed by atoms with Crippen LogP contribution in [0.4, 0.5) is 17.1 Å². The van der Waals surface area contributed by atoms with Crippen LogP contribution in [-0.2, 0) is 19.2 Å². The van der Waals surface area contributed by atoms with Crippen LogP contribution in [0.2, 0.25) is 5.02 Å². The molecule has 8 heteroatoms. The van der Waals surface area contributed by atoms with Gasteiger partial charge in [-0.25, -0.2) is 9.96 Å². The second-order valence-corrected chi connectivity index (χ2v) is 8.33. The van der Waals surface area contributed by atoms with Crippen molar-refractivity contribution in [2.45, 2.75) is 19.1 Å². The molecule has 0 aliphatic carbocycles. The number of amides is 3. The molecule has 3 amide bonds. The van der Waals surface area contributed by atoms with E-state index in [2.05, 4.69) is 5.32 Å². The van der Waals surface area contributed by atoms with Crippen molar-refractivity contribution in [2.24, 2.45) is 5.92 Å². The van der Waals surface area contributed by atoms with E-state index in [9.17, 15) is 14.4 Å². The van der Waals surface area contributed by atoms with Gasteiger partial charge in [-0.3, -0.25) is 19.2 Å². The van der Waals surface area contributed by atoms with Gasteiger partial charge >= 0.3 is 0 Å². The number of para-hydroxylation sites is 2. The van der Waals surface area contributed by atoms with Crippen LogP contribution < -0.4 is 15.3 Å². The predicted molar refractivity (Wildman–Crippen MR) is 125 cm³/mol. The summed E-state index contributed by atoms with van der Waals surface area (Å²) >= 11 is 6.30. The largest absolute Gasteiger partial charge is 0.326 e. The zero-order chi connectivity index (χ0) is 23.1. The summed E-state index contributed by atoms with van der Waals surface area (Å²) in [6, 6.07) is 22.7. The molecule has 2 saturated heterocycles. The molecule has 0 bridgehead atoms. The van der Waals surface area contributed by atoms with Gasteiger partial charge in [0.05, 0.1) is 22.4 Å². The Morgan fingerprint density at radius 2 is 1.58 bits per heavy atom. The van der Waals surface area contributed by atoms with Crippen molar-refractivity contribution in [1.29, 1.82) is 0 Å². The van der Waals surface area contributed by atoms with Crippen molar-refractivity contribution in [3.63, 3.8) is 0 Å². The van der Waals surface area contributed by atoms with E-state index in [0.29, 0.717) is 16.4 Å². The fourth-order valence-electron chi connectivity index (χ4n) is 4.39. The fourth-order valence-corrected chi connectivity index (χ4v) is 4.61. The maximum Gasteiger partial charge on any atom is 0.266 e. The molecule has 0 unspecified atom stereocenters. The highest BCUT2D eigenvalue weighted by atomic mass is 35.5. The number of carbonyl (C=O) groups excluding carboxylic acids is 3. The Labute approximate surface area is 195 Å². The number of anilines is 3. The molecule has 3 aromatic rings. The van der Waals surface area contributed by atoms with E-state index in [1.807, 2.05) is 42.5 Å². The average Bonchev–Trinajstić information content (AvgIpc) is 3.31. The molecule has 0 saturated carbocycles. The van der Waals surface area contributed by atoms with Crippen molar-refractivity contribution in [3.05, 3.63) is 89.4 Å². The van der Waals surface area contributed by atoms with E-state index in [-0.39, 0.29) is 11.8 Å². The minimum atomic E-state index is -0.978. The molecule has 3 aromatic carbocycles. The van der Waals surface area contributed by atoms with E-state index < -0.39 is 24.0 Å². The van der Waals surface area contributed by atoms with Crippen LogP contribution in [0.1, 0.15) is 18.5 Å². The fraction of sp³-hybridized carbons (Fsp3) is 0.160. The zero-order valence-electron chi connectivity index (χ0n) is 17.6. The number of hydrogen-bond acceptors (Lipinski definition) is 5. The first-order valence-corrected chi connectivity index (χ1v) is 10.8. The molecule has 166 valence electrons. The van der Waals surface area contributed by atoms with Crippen molar-refractivity contribution < 1.29 is 19.2 Å². The van der Waals surface area contributed by atoms with Gasteiger partial charge in [-0.2, -0.15) is 0 Å². The predicted octanol–water partition coefficient (Wildman–Crippen LogP) is 4.35. The molecule has 2 aliphatic rings. The number of nitrogens with zero attached hydrogens (tertiary/aromatic N) is 2. The number of halogens is 1. The third kappa shape index (κ3) is 3.65. The maximum absolute atomic E-state index is 13.6. The third-order valence-corrected chi connectivity index (χ3v) is 6.11. The SMILES string of the molecule is CC(=O)Nc1ccc([C@H]2[C@H]3C(=O)N(c4ccccc4Cl)C(=O)[C@@H]3ON2c2ccccc2)cc1. The maximum atomic E-state index is 13.6. The standard InChI is InChI=1S/C25H20ClN3O4/c1-15(30)27-17-13-11-16(12-14-17)22-21-23(33-29(22)18-7-3-2-4-8-18)25(32)28(24(21)31)20-10-6-5-9-19(20)26/h2-14,21-23H,1H3,(H,27,30)/t21-,22+,23-/m1/s1. The average molecular weight is 462 g/mol. The van der Waals surface area contributed by atoms with Crippen LogP contribution >= 0.6 is 11.6 Å². The molecule has 33 heavy (non-hydrogen) atoms. The lowest BCUT2D eigenvalue weighted by atomic mass is 9.90. The monoisotopic (exact) mass is 461 g/mol. The van der Waals surface area contributed by atoms with Gasteiger partial charge in [0.25, 0.3) is 5.91 Å². The van der Waals surface area contributed by atoms with Crippen molar-refractivity contribution in [3.8, 4) is 0 Å². The molecule has 2 fully saturated rings. The highest BCUT2D eigenvalue weighted by Gasteiger charge is 2.60. The number of imide groups is 1. The molecular formula is C25H20ClN3O4. The van der Waals surface area contributed by atoms with Crippen LogP contribution in [0.15, 0.2) is 78.9 Å². The van der Waals surface area contributed by atoms with Gasteiger partial charge in [0.1, 0.15) is 5.92 Å². The highest BCUT2D eigenvalue weighted by molar-refractivity contribution is 6.36. The summed E-state index contributed by atoms with van der Waals surface area (Å²) in [6.07, 6.45) is -0.978. The van der Waals surface area contributed by atoms with E-state index in [4.69, 9.17) is 16.4 Å². The Bertz CT molecular complexity index is 1230. The molecule has 0 aromatic heterocycles. The zero-order valence-corrected chi connectivity index (χ0v) is 18.4. The Kier molecular flexibility index (Phi) is 5.36. The summed E-state index contributed by atoms with van der Waals surface area (Å²) < 4.78 is 0. The molecule has 3 atom stereocenters. The van der Waals surface area contributed by atoms with Gasteiger partial charge in [0, 0.05) is 12.6 Å². The van der Waals surface area contributed by atoms with Gasteiger partial charge in [-0.15, -0.1) is 0 Å². The normalized spacial score (nSPS) is 21.9. The van der Waals surface area contributed by atoms with Crippen LogP contribution in [0.25, 0.3) is 0 Å². The number of hydroxylamine groups is 1. The Morgan fingerprint density at radius 3 is 2.24 bits per heavy atom. The first-order valence-electron chi connectivity index (χ1n) is 10.5. The van der Waals surface area contributed by atoms with Crippen molar-refractivity contribution >= 4 is 46.4 Å². The number of benzene rings is 3. The number of hydrogen-bond donors (Lipinski definition) is 1. The van der Waals surface area contributed by atoms with E-state index in [1.165, 1.54) is 6.92 Å². The Hall–Kier alpha value is -3.68. The van der Waals surface area contributed by atoms with Crippen LogP contribution in [0.3, 0.4) is 0 Å². The Balaban J connectivity index is 1.56. The minimum Gasteiger partial charge on any atom is -0.326 e. The second-order valence-electron chi connectivity index (χ2n) is 7.92. The Morgan fingerprint density at radius 1 is 0.909 bits per heavy atom. The van der Waals surface area contributed by atoms with Crippen molar-refractivity contribution in [2.75, 3.05) is 15.3 Å². The number of rotatable bonds is 4. The van der Waals surface area contributed by atoms with E-state index >= 15 is 0 Å². The number of carbonyl (C=O) groups is 3. The quantitative estimate of drug-likeness (QED) is 0.584. The van der Waals surface area contributed by atoms with Gasteiger partial charge in [0.15, 0.2) is 6.10 Å². The topological polar surface area (TPSA) is 79.0 Å². The molecule has 0 radical (unpaired) electrons. The summed E-state index contributed by atoms with van der Waals surface area (Å²) in [5.74, 6) is -1.76. The number of fused-ring (bicyclic) bond motifs is 1. The smallest absolute Gasteiger partial charge is 0.266 e. The number of nitrogens with one attached hydrogen (secondary N) is 1. The second kappa shape index (κ2) is 8.35. The van der Waals surface area contributed by atoms with Gasteiger partial charge in [-0.05, 0) is 42.0 Å². The van der Waals surface area contributed by atoms with Gasteiger partial charge in [-0.1, -0.05) is 54.1 Å². The van der Waals surface area contributed by atoms with E-state index in [0.717, 1.165) is 16.2 Å². The van der Waals surface area contributed by atoms with Gasteiger partial charge in [0.2, 0.25) is 11.8 Å². The van der Waals surface area contributed by atoms with Crippen LogP contribution in [0, 0.1) is 5.92 Å². The lowest BCUT2D eigenvalue weighted by molar-refractivity contribution is -0.126. The van der Waals surface area contributed by atoms with E-state index in [1.54, 1.807) is 41.5 Å². The highest BCUT2D eigenvalue weighted by Crippen LogP contribution is 2.48. The van der Waals surface area contributed by atoms with Gasteiger partial charge < -0.3 is 5.32 Å². The molecule has 7 nitrogen and oxygen atoms in total. The first kappa shape index (κ1) is 21.2. The molecule has 1 N–H and O–H groups in total.